The van der Waals surface area contributed by atoms with Crippen LogP contribution in [-0.2, 0) is 0 Å². The number of aliphatic hydroxyl groups excluding tert-OH is 1. The van der Waals surface area contributed by atoms with Gasteiger partial charge in [0.25, 0.3) is 0 Å². The lowest BCUT2D eigenvalue weighted by atomic mass is 9.51. The molecule has 3 N–H and O–H groups in total. The number of rotatable bonds is 2. The van der Waals surface area contributed by atoms with E-state index in [2.05, 4.69) is 6.92 Å². The third kappa shape index (κ3) is 2.21. The Balaban J connectivity index is 2.24. The molecule has 0 aromatic rings. The van der Waals surface area contributed by atoms with Crippen molar-refractivity contribution in [2.45, 2.75) is 70.5 Å². The van der Waals surface area contributed by atoms with Crippen LogP contribution >= 0.6 is 0 Å². The molecule has 0 aromatic heterocycles. The van der Waals surface area contributed by atoms with Crippen molar-refractivity contribution in [3.8, 4) is 0 Å². The first kappa shape index (κ1) is 14.3. The fraction of sp³-hybridized carbons (Fsp3) is 1.00. The number of hydrogen-bond acceptors (Lipinski definition) is 3. The van der Waals surface area contributed by atoms with Gasteiger partial charge in [0.15, 0.2) is 0 Å². The van der Waals surface area contributed by atoms with Crippen LogP contribution in [0.4, 0.5) is 0 Å². The van der Waals surface area contributed by atoms with Gasteiger partial charge in [0.05, 0.1) is 11.2 Å². The van der Waals surface area contributed by atoms with E-state index < -0.39 is 11.2 Å². The molecular formula is C15H28O3. The lowest BCUT2D eigenvalue weighted by Gasteiger charge is -2.57. The highest BCUT2D eigenvalue weighted by atomic mass is 16.3. The SMILES string of the molecule is CC(CO)C1(O)CCC2(C)CCCC(C)(O)C2C1. The van der Waals surface area contributed by atoms with Gasteiger partial charge in [0, 0.05) is 12.5 Å². The zero-order valence-electron chi connectivity index (χ0n) is 11.9. The summed E-state index contributed by atoms with van der Waals surface area (Å²) in [5.74, 6) is 0.0336. The molecule has 18 heavy (non-hydrogen) atoms. The fourth-order valence-corrected chi connectivity index (χ4v) is 4.29. The van der Waals surface area contributed by atoms with Gasteiger partial charge in [-0.1, -0.05) is 20.3 Å². The third-order valence-electron chi connectivity index (χ3n) is 5.90. The smallest absolute Gasteiger partial charge is 0.0699 e. The maximum atomic E-state index is 10.8. The second kappa shape index (κ2) is 4.46. The zero-order chi connectivity index (χ0) is 13.6. The minimum atomic E-state index is -0.805. The van der Waals surface area contributed by atoms with Crippen LogP contribution < -0.4 is 0 Å². The summed E-state index contributed by atoms with van der Waals surface area (Å²) in [6.07, 6.45) is 5.38. The highest BCUT2D eigenvalue weighted by Gasteiger charge is 2.55. The zero-order valence-corrected chi connectivity index (χ0v) is 11.9. The molecule has 0 bridgehead atoms. The average molecular weight is 256 g/mol. The molecule has 0 heterocycles. The molecule has 3 nitrogen and oxygen atoms in total. The first-order valence-electron chi connectivity index (χ1n) is 7.29. The van der Waals surface area contributed by atoms with Crippen LogP contribution in [0, 0.1) is 17.3 Å². The van der Waals surface area contributed by atoms with Crippen molar-refractivity contribution in [1.82, 2.24) is 0 Å². The molecule has 0 radical (unpaired) electrons. The first-order valence-corrected chi connectivity index (χ1v) is 7.29. The van der Waals surface area contributed by atoms with Gasteiger partial charge >= 0.3 is 0 Å². The molecular weight excluding hydrogens is 228 g/mol. The number of fused-ring (bicyclic) bond motifs is 1. The maximum Gasteiger partial charge on any atom is 0.0699 e. The number of hydrogen-bond donors (Lipinski definition) is 3. The summed E-state index contributed by atoms with van der Waals surface area (Å²) in [5, 5.41) is 30.7. The van der Waals surface area contributed by atoms with Crippen molar-refractivity contribution in [2.75, 3.05) is 6.61 Å². The Morgan fingerprint density at radius 1 is 1.11 bits per heavy atom. The normalized spacial score (nSPS) is 50.7. The molecule has 2 saturated carbocycles. The van der Waals surface area contributed by atoms with Crippen molar-refractivity contribution in [2.24, 2.45) is 17.3 Å². The molecule has 5 atom stereocenters. The molecule has 106 valence electrons. The van der Waals surface area contributed by atoms with E-state index in [0.29, 0.717) is 6.42 Å². The van der Waals surface area contributed by atoms with E-state index in [1.807, 2.05) is 13.8 Å². The van der Waals surface area contributed by atoms with Crippen LogP contribution in [0.1, 0.15) is 59.3 Å². The van der Waals surface area contributed by atoms with Gasteiger partial charge in [-0.25, -0.2) is 0 Å². The molecule has 2 rings (SSSR count). The van der Waals surface area contributed by atoms with E-state index in [1.54, 1.807) is 0 Å². The Morgan fingerprint density at radius 3 is 2.39 bits per heavy atom. The average Bonchev–Trinajstić information content (AvgIpc) is 2.30. The van der Waals surface area contributed by atoms with E-state index in [0.717, 1.165) is 32.1 Å². The van der Waals surface area contributed by atoms with Crippen LogP contribution in [0.25, 0.3) is 0 Å². The monoisotopic (exact) mass is 256 g/mol. The minimum Gasteiger partial charge on any atom is -0.396 e. The molecule has 0 spiro atoms. The molecule has 3 heteroatoms. The van der Waals surface area contributed by atoms with E-state index in [-0.39, 0.29) is 23.9 Å². The summed E-state index contributed by atoms with van der Waals surface area (Å²) < 4.78 is 0. The number of aliphatic hydroxyl groups is 3. The summed E-state index contributed by atoms with van der Waals surface area (Å²) in [7, 11) is 0. The molecule has 2 aliphatic carbocycles. The fourth-order valence-electron chi connectivity index (χ4n) is 4.29. The quantitative estimate of drug-likeness (QED) is 0.709. The summed E-state index contributed by atoms with van der Waals surface area (Å²) in [5.41, 5.74) is -1.32. The minimum absolute atomic E-state index is 0.0159. The summed E-state index contributed by atoms with van der Waals surface area (Å²) in [6, 6.07) is 0. The van der Waals surface area contributed by atoms with E-state index in [4.69, 9.17) is 0 Å². The topological polar surface area (TPSA) is 60.7 Å². The van der Waals surface area contributed by atoms with Gasteiger partial charge in [-0.15, -0.1) is 0 Å². The van der Waals surface area contributed by atoms with Gasteiger partial charge in [-0.2, -0.15) is 0 Å². The van der Waals surface area contributed by atoms with E-state index >= 15 is 0 Å². The van der Waals surface area contributed by atoms with Crippen LogP contribution in [0.2, 0.25) is 0 Å². The molecule has 2 fully saturated rings. The highest BCUT2D eigenvalue weighted by Crippen LogP contribution is 2.57. The molecule has 0 saturated heterocycles. The van der Waals surface area contributed by atoms with Crippen LogP contribution in [0.3, 0.4) is 0 Å². The summed E-state index contributed by atoms with van der Waals surface area (Å²) >= 11 is 0. The van der Waals surface area contributed by atoms with Crippen molar-refractivity contribution in [3.63, 3.8) is 0 Å². The van der Waals surface area contributed by atoms with Gasteiger partial charge in [-0.05, 0) is 50.4 Å². The molecule has 0 amide bonds. The maximum absolute atomic E-state index is 10.8. The van der Waals surface area contributed by atoms with Crippen LogP contribution in [0.5, 0.6) is 0 Å². The second-order valence-corrected chi connectivity index (χ2v) is 7.31. The largest absolute Gasteiger partial charge is 0.396 e. The molecule has 0 aromatic carbocycles. The Hall–Kier alpha value is -0.120. The Morgan fingerprint density at radius 2 is 1.78 bits per heavy atom. The molecule has 0 aliphatic heterocycles. The van der Waals surface area contributed by atoms with Crippen LogP contribution in [-0.4, -0.2) is 33.1 Å². The van der Waals surface area contributed by atoms with Gasteiger partial charge in [0.1, 0.15) is 0 Å². The Kier molecular flexibility index (Phi) is 3.54. The predicted octanol–water partition coefficient (Wildman–Crippen LogP) is 2.09. The first-order chi connectivity index (χ1) is 8.23. The van der Waals surface area contributed by atoms with Crippen LogP contribution in [0.15, 0.2) is 0 Å². The third-order valence-corrected chi connectivity index (χ3v) is 5.90. The van der Waals surface area contributed by atoms with E-state index in [9.17, 15) is 15.3 Å². The summed E-state index contributed by atoms with van der Waals surface area (Å²) in [6.45, 7) is 6.10. The van der Waals surface area contributed by atoms with E-state index in [1.165, 1.54) is 0 Å². The second-order valence-electron chi connectivity index (χ2n) is 7.31. The van der Waals surface area contributed by atoms with Gasteiger partial charge < -0.3 is 15.3 Å². The molecule has 5 unspecified atom stereocenters. The molecule has 2 aliphatic rings. The van der Waals surface area contributed by atoms with Crippen molar-refractivity contribution in [3.05, 3.63) is 0 Å². The van der Waals surface area contributed by atoms with Crippen molar-refractivity contribution >= 4 is 0 Å². The highest BCUT2D eigenvalue weighted by molar-refractivity contribution is 5.06. The standard InChI is InChI=1S/C15H28O3/c1-11(10-16)15(18)8-7-13(2)5-4-6-14(3,17)12(13)9-15/h11-12,16-18H,4-10H2,1-3H3. The Bertz CT molecular complexity index is 315. The van der Waals surface area contributed by atoms with Gasteiger partial charge in [-0.3, -0.25) is 0 Å². The summed E-state index contributed by atoms with van der Waals surface area (Å²) in [4.78, 5) is 0. The predicted molar refractivity (Wildman–Crippen MR) is 71.1 cm³/mol. The Labute approximate surface area is 110 Å². The lowest BCUT2D eigenvalue weighted by molar-refractivity contribution is -0.178. The van der Waals surface area contributed by atoms with Crippen molar-refractivity contribution in [1.29, 1.82) is 0 Å². The van der Waals surface area contributed by atoms with Crippen molar-refractivity contribution < 1.29 is 15.3 Å². The lowest BCUT2D eigenvalue weighted by Crippen LogP contribution is -2.57. The van der Waals surface area contributed by atoms with Gasteiger partial charge in [0.2, 0.25) is 0 Å².